The van der Waals surface area contributed by atoms with Crippen molar-refractivity contribution in [2.75, 3.05) is 13.2 Å². The topological polar surface area (TPSA) is 21.3 Å². The van der Waals surface area contributed by atoms with E-state index in [1.807, 2.05) is 0 Å². The first kappa shape index (κ1) is 14.5. The summed E-state index contributed by atoms with van der Waals surface area (Å²) >= 11 is 0. The van der Waals surface area contributed by atoms with Crippen LogP contribution in [0.25, 0.3) is 0 Å². The minimum atomic E-state index is 0.532. The van der Waals surface area contributed by atoms with Gasteiger partial charge in [-0.05, 0) is 50.3 Å². The third-order valence-corrected chi connectivity index (χ3v) is 4.08. The third kappa shape index (κ3) is 4.32. The maximum absolute atomic E-state index is 5.86. The first-order valence-corrected chi connectivity index (χ1v) is 7.56. The van der Waals surface area contributed by atoms with Crippen LogP contribution in [0.5, 0.6) is 0 Å². The molecule has 0 atom stereocenters. The van der Waals surface area contributed by atoms with Crippen LogP contribution in [0.15, 0.2) is 12.1 Å². The Hall–Kier alpha value is -0.860. The highest BCUT2D eigenvalue weighted by atomic mass is 16.5. The highest BCUT2D eigenvalue weighted by molar-refractivity contribution is 5.37. The molecular formula is C17H27NO. The summed E-state index contributed by atoms with van der Waals surface area (Å²) in [6.07, 6.45) is 5.75. The molecule has 2 heteroatoms. The number of hydrogen-bond donors (Lipinski definition) is 1. The lowest BCUT2D eigenvalue weighted by Crippen LogP contribution is -2.22. The van der Waals surface area contributed by atoms with Crippen molar-refractivity contribution in [3.8, 4) is 0 Å². The van der Waals surface area contributed by atoms with E-state index in [1.165, 1.54) is 47.9 Å². The fraction of sp³-hybridized carbons (Fsp3) is 0.647. The molecule has 1 saturated carbocycles. The Morgan fingerprint density at radius 3 is 2.37 bits per heavy atom. The predicted molar refractivity (Wildman–Crippen MR) is 80.6 cm³/mol. The molecule has 106 valence electrons. The Bertz CT molecular complexity index is 385. The van der Waals surface area contributed by atoms with Gasteiger partial charge in [-0.3, -0.25) is 0 Å². The van der Waals surface area contributed by atoms with Gasteiger partial charge in [-0.2, -0.15) is 0 Å². The van der Waals surface area contributed by atoms with Gasteiger partial charge in [-0.25, -0.2) is 0 Å². The minimum Gasteiger partial charge on any atom is -0.377 e. The number of rotatable bonds is 6. The summed E-state index contributed by atoms with van der Waals surface area (Å²) in [5.41, 5.74) is 5.57. The van der Waals surface area contributed by atoms with Crippen LogP contribution in [0.3, 0.4) is 0 Å². The molecule has 0 radical (unpaired) electrons. The zero-order valence-electron chi connectivity index (χ0n) is 12.6. The first-order valence-electron chi connectivity index (χ1n) is 7.56. The quantitative estimate of drug-likeness (QED) is 0.789. The van der Waals surface area contributed by atoms with Crippen molar-refractivity contribution in [2.45, 2.75) is 59.1 Å². The Labute approximate surface area is 117 Å². The van der Waals surface area contributed by atoms with E-state index in [2.05, 4.69) is 38.2 Å². The van der Waals surface area contributed by atoms with Crippen molar-refractivity contribution in [3.05, 3.63) is 34.4 Å². The summed E-state index contributed by atoms with van der Waals surface area (Å²) in [7, 11) is 0. The number of benzene rings is 1. The molecule has 0 saturated heterocycles. The smallest absolute Gasteiger partial charge is 0.0594 e. The van der Waals surface area contributed by atoms with Gasteiger partial charge < -0.3 is 10.1 Å². The van der Waals surface area contributed by atoms with Crippen LogP contribution in [0.1, 0.15) is 47.9 Å². The average molecular weight is 261 g/mol. The molecule has 1 aromatic rings. The van der Waals surface area contributed by atoms with Crippen molar-refractivity contribution in [3.63, 3.8) is 0 Å². The van der Waals surface area contributed by atoms with Gasteiger partial charge in [0.15, 0.2) is 0 Å². The molecular weight excluding hydrogens is 234 g/mol. The van der Waals surface area contributed by atoms with Gasteiger partial charge >= 0.3 is 0 Å². The van der Waals surface area contributed by atoms with Crippen molar-refractivity contribution < 1.29 is 4.74 Å². The molecule has 2 nitrogen and oxygen atoms in total. The van der Waals surface area contributed by atoms with Crippen LogP contribution in [-0.2, 0) is 11.3 Å². The van der Waals surface area contributed by atoms with E-state index in [0.717, 1.165) is 19.7 Å². The molecule has 0 unspecified atom stereocenters. The summed E-state index contributed by atoms with van der Waals surface area (Å²) in [5.74, 6) is 0. The molecule has 1 fully saturated rings. The standard InChI is InChI=1S/C17H27NO/c1-13-10-14(2)17(15(3)11-13)12-18-8-9-19-16-6-4-5-7-16/h10-11,16,18H,4-9,12H2,1-3H3. The zero-order valence-corrected chi connectivity index (χ0v) is 12.6. The minimum absolute atomic E-state index is 0.532. The maximum atomic E-state index is 5.86. The van der Waals surface area contributed by atoms with Crippen LogP contribution < -0.4 is 5.32 Å². The fourth-order valence-electron chi connectivity index (χ4n) is 3.05. The van der Waals surface area contributed by atoms with E-state index in [-0.39, 0.29) is 0 Å². The van der Waals surface area contributed by atoms with Crippen LogP contribution in [-0.4, -0.2) is 19.3 Å². The zero-order chi connectivity index (χ0) is 13.7. The van der Waals surface area contributed by atoms with E-state index >= 15 is 0 Å². The van der Waals surface area contributed by atoms with E-state index < -0.39 is 0 Å². The molecule has 0 heterocycles. The SMILES string of the molecule is Cc1cc(C)c(CNCCOC2CCCC2)c(C)c1. The van der Waals surface area contributed by atoms with Gasteiger partial charge in [-0.1, -0.05) is 30.5 Å². The van der Waals surface area contributed by atoms with Crippen molar-refractivity contribution >= 4 is 0 Å². The summed E-state index contributed by atoms with van der Waals surface area (Å²) in [6.45, 7) is 9.30. The summed E-state index contributed by atoms with van der Waals surface area (Å²) in [5, 5.41) is 3.50. The van der Waals surface area contributed by atoms with E-state index in [0.29, 0.717) is 6.10 Å². The fourth-order valence-corrected chi connectivity index (χ4v) is 3.05. The summed E-state index contributed by atoms with van der Waals surface area (Å²) < 4.78 is 5.86. The second-order valence-corrected chi connectivity index (χ2v) is 5.83. The Morgan fingerprint density at radius 2 is 1.74 bits per heavy atom. The summed E-state index contributed by atoms with van der Waals surface area (Å²) in [6, 6.07) is 4.53. The molecule has 0 aromatic heterocycles. The largest absolute Gasteiger partial charge is 0.377 e. The Kier molecular flexibility index (Phi) is 5.41. The van der Waals surface area contributed by atoms with Gasteiger partial charge in [0.2, 0.25) is 0 Å². The number of ether oxygens (including phenoxy) is 1. The van der Waals surface area contributed by atoms with Crippen molar-refractivity contribution in [2.24, 2.45) is 0 Å². The molecule has 1 aromatic carbocycles. The lowest BCUT2D eigenvalue weighted by molar-refractivity contribution is 0.0602. The normalized spacial score (nSPS) is 16.2. The van der Waals surface area contributed by atoms with Gasteiger partial charge in [0.1, 0.15) is 0 Å². The van der Waals surface area contributed by atoms with Crippen LogP contribution >= 0.6 is 0 Å². The predicted octanol–water partition coefficient (Wildman–Crippen LogP) is 3.66. The summed E-state index contributed by atoms with van der Waals surface area (Å²) in [4.78, 5) is 0. The third-order valence-electron chi connectivity index (χ3n) is 4.08. The second kappa shape index (κ2) is 7.06. The molecule has 0 amide bonds. The molecule has 0 bridgehead atoms. The van der Waals surface area contributed by atoms with Crippen LogP contribution in [0.2, 0.25) is 0 Å². The molecule has 1 N–H and O–H groups in total. The maximum Gasteiger partial charge on any atom is 0.0594 e. The molecule has 0 aliphatic heterocycles. The van der Waals surface area contributed by atoms with Gasteiger partial charge in [-0.15, -0.1) is 0 Å². The van der Waals surface area contributed by atoms with Crippen molar-refractivity contribution in [1.29, 1.82) is 0 Å². The lowest BCUT2D eigenvalue weighted by atomic mass is 10.00. The van der Waals surface area contributed by atoms with Gasteiger partial charge in [0, 0.05) is 13.1 Å². The van der Waals surface area contributed by atoms with Gasteiger partial charge in [0.05, 0.1) is 12.7 Å². The number of aryl methyl sites for hydroxylation is 3. The molecule has 1 aliphatic carbocycles. The van der Waals surface area contributed by atoms with Gasteiger partial charge in [0.25, 0.3) is 0 Å². The second-order valence-electron chi connectivity index (χ2n) is 5.83. The Morgan fingerprint density at radius 1 is 1.11 bits per heavy atom. The van der Waals surface area contributed by atoms with E-state index in [1.54, 1.807) is 0 Å². The van der Waals surface area contributed by atoms with E-state index in [4.69, 9.17) is 4.74 Å². The average Bonchev–Trinajstić information content (AvgIpc) is 2.84. The molecule has 19 heavy (non-hydrogen) atoms. The monoisotopic (exact) mass is 261 g/mol. The highest BCUT2D eigenvalue weighted by Crippen LogP contribution is 2.20. The first-order chi connectivity index (χ1) is 9.16. The molecule has 2 rings (SSSR count). The molecule has 1 aliphatic rings. The highest BCUT2D eigenvalue weighted by Gasteiger charge is 2.14. The lowest BCUT2D eigenvalue weighted by Gasteiger charge is -2.14. The molecule has 0 spiro atoms. The van der Waals surface area contributed by atoms with Crippen molar-refractivity contribution in [1.82, 2.24) is 5.32 Å². The van der Waals surface area contributed by atoms with Crippen LogP contribution in [0.4, 0.5) is 0 Å². The van der Waals surface area contributed by atoms with Crippen LogP contribution in [0, 0.1) is 20.8 Å². The number of nitrogens with one attached hydrogen (secondary N) is 1. The number of hydrogen-bond acceptors (Lipinski definition) is 2. The van der Waals surface area contributed by atoms with E-state index in [9.17, 15) is 0 Å². The Balaban J connectivity index is 1.70.